The van der Waals surface area contributed by atoms with Gasteiger partial charge in [-0.25, -0.2) is 0 Å². The van der Waals surface area contributed by atoms with E-state index < -0.39 is 0 Å². The monoisotopic (exact) mass is 398 g/mol. The van der Waals surface area contributed by atoms with Crippen molar-refractivity contribution in [2.45, 2.75) is 37.4 Å². The zero-order valence-corrected chi connectivity index (χ0v) is 16.9. The van der Waals surface area contributed by atoms with Crippen LogP contribution in [-0.4, -0.2) is 73.0 Å². The lowest BCUT2D eigenvalue weighted by Gasteiger charge is -2.32. The molecule has 28 heavy (non-hydrogen) atoms. The molecular weight excluding hydrogens is 372 g/mol. The number of nitrogens with one attached hydrogen (secondary N) is 2. The first-order valence-corrected chi connectivity index (χ1v) is 11.0. The highest BCUT2D eigenvalue weighted by molar-refractivity contribution is 7.17. The first kappa shape index (κ1) is 18.1. The molecular formula is C21H26N4O2S. The molecule has 7 heteroatoms. The topological polar surface area (TPSA) is 64.7 Å². The number of amides is 2. The van der Waals surface area contributed by atoms with E-state index in [-0.39, 0.29) is 17.9 Å². The summed E-state index contributed by atoms with van der Waals surface area (Å²) in [7, 11) is 2.08. The van der Waals surface area contributed by atoms with Gasteiger partial charge in [0.2, 0.25) is 0 Å². The summed E-state index contributed by atoms with van der Waals surface area (Å²) >= 11 is 1.57. The Morgan fingerprint density at radius 1 is 1.18 bits per heavy atom. The van der Waals surface area contributed by atoms with Crippen LogP contribution in [0.5, 0.6) is 0 Å². The van der Waals surface area contributed by atoms with Crippen LogP contribution in [0.25, 0.3) is 10.1 Å². The van der Waals surface area contributed by atoms with Crippen molar-refractivity contribution >= 4 is 33.2 Å². The summed E-state index contributed by atoms with van der Waals surface area (Å²) in [6, 6.07) is 6.92. The lowest BCUT2D eigenvalue weighted by Crippen LogP contribution is -2.47. The van der Waals surface area contributed by atoms with Gasteiger partial charge in [-0.15, -0.1) is 11.3 Å². The van der Waals surface area contributed by atoms with Crippen LogP contribution in [0.1, 0.15) is 40.0 Å². The van der Waals surface area contributed by atoms with Crippen molar-refractivity contribution < 1.29 is 9.59 Å². The fourth-order valence-corrected chi connectivity index (χ4v) is 5.67. The quantitative estimate of drug-likeness (QED) is 0.829. The van der Waals surface area contributed by atoms with Crippen molar-refractivity contribution in [2.24, 2.45) is 0 Å². The number of rotatable bonds is 3. The van der Waals surface area contributed by atoms with Gasteiger partial charge in [-0.3, -0.25) is 9.59 Å². The number of piperazine rings is 1. The third-order valence-electron chi connectivity index (χ3n) is 6.47. The standard InChI is InChI=1S/C21H26N4O2S/c1-24-6-8-25(9-7-24)21(27)16-12-28-19-5-2-13(10-15(16)19)20(26)23-18-11-14-3-4-17(18)22-14/h2,5,10,12,14,17-18,22H,3-4,6-9,11H2,1H3,(H,23,26)/t14-,17+,18-/m1/s1. The largest absolute Gasteiger partial charge is 0.348 e. The van der Waals surface area contributed by atoms with E-state index in [2.05, 4.69) is 22.6 Å². The van der Waals surface area contributed by atoms with Crippen LogP contribution >= 0.6 is 11.3 Å². The second-order valence-corrected chi connectivity index (χ2v) is 9.23. The van der Waals surface area contributed by atoms with E-state index >= 15 is 0 Å². The number of benzene rings is 1. The Balaban J connectivity index is 1.36. The SMILES string of the molecule is CN1CCN(C(=O)c2csc3ccc(C(=O)N[C@@H]4C[C@H]5CC[C@@H]4N5)cc23)CC1. The second-order valence-electron chi connectivity index (χ2n) is 8.32. The van der Waals surface area contributed by atoms with Crippen LogP contribution < -0.4 is 10.6 Å². The van der Waals surface area contributed by atoms with Gasteiger partial charge in [0.1, 0.15) is 0 Å². The highest BCUT2D eigenvalue weighted by atomic mass is 32.1. The first-order chi connectivity index (χ1) is 13.6. The molecule has 1 aromatic carbocycles. The summed E-state index contributed by atoms with van der Waals surface area (Å²) in [5.41, 5.74) is 1.36. The minimum atomic E-state index is -0.0366. The number of nitrogens with zero attached hydrogens (tertiary/aromatic N) is 2. The van der Waals surface area contributed by atoms with E-state index in [0.29, 0.717) is 17.6 Å². The van der Waals surface area contributed by atoms with Crippen molar-refractivity contribution in [1.82, 2.24) is 20.4 Å². The lowest BCUT2D eigenvalue weighted by molar-refractivity contribution is 0.0666. The average Bonchev–Trinajstić information content (AvgIpc) is 3.43. The molecule has 1 aromatic heterocycles. The van der Waals surface area contributed by atoms with Crippen LogP contribution in [0.4, 0.5) is 0 Å². The molecule has 3 atom stereocenters. The van der Waals surface area contributed by atoms with Gasteiger partial charge in [0.05, 0.1) is 5.56 Å². The molecule has 0 radical (unpaired) electrons. The maximum atomic E-state index is 13.0. The molecule has 0 spiro atoms. The summed E-state index contributed by atoms with van der Waals surface area (Å²) in [5.74, 6) is 0.0413. The molecule has 6 nitrogen and oxygen atoms in total. The zero-order valence-electron chi connectivity index (χ0n) is 16.1. The molecule has 3 aliphatic heterocycles. The lowest BCUT2D eigenvalue weighted by atomic mass is 9.95. The normalized spacial score (nSPS) is 27.5. The minimum Gasteiger partial charge on any atom is -0.348 e. The summed E-state index contributed by atoms with van der Waals surface area (Å²) in [6.07, 6.45) is 3.38. The van der Waals surface area contributed by atoms with E-state index in [9.17, 15) is 9.59 Å². The minimum absolute atomic E-state index is 0.0366. The average molecular weight is 399 g/mol. The van der Waals surface area contributed by atoms with Gasteiger partial charge >= 0.3 is 0 Å². The summed E-state index contributed by atoms with van der Waals surface area (Å²) < 4.78 is 1.05. The van der Waals surface area contributed by atoms with Gasteiger partial charge in [-0.1, -0.05) is 0 Å². The molecule has 2 amide bonds. The van der Waals surface area contributed by atoms with Gasteiger partial charge in [0.15, 0.2) is 0 Å². The molecule has 148 valence electrons. The van der Waals surface area contributed by atoms with Crippen molar-refractivity contribution in [3.05, 3.63) is 34.7 Å². The maximum Gasteiger partial charge on any atom is 0.255 e. The summed E-state index contributed by atoms with van der Waals surface area (Å²) in [6.45, 7) is 3.31. The number of hydrogen-bond donors (Lipinski definition) is 2. The Morgan fingerprint density at radius 2 is 2.00 bits per heavy atom. The number of hydrogen-bond acceptors (Lipinski definition) is 5. The number of carbonyl (C=O) groups is 2. The number of fused-ring (bicyclic) bond motifs is 3. The molecule has 2 N–H and O–H groups in total. The highest BCUT2D eigenvalue weighted by Gasteiger charge is 2.39. The molecule has 3 saturated heterocycles. The van der Waals surface area contributed by atoms with E-state index in [4.69, 9.17) is 0 Å². The molecule has 0 unspecified atom stereocenters. The van der Waals surface area contributed by atoms with Crippen molar-refractivity contribution in [1.29, 1.82) is 0 Å². The molecule has 4 heterocycles. The Labute approximate surface area is 168 Å². The van der Waals surface area contributed by atoms with Crippen LogP contribution in [0, 0.1) is 0 Å². The Hall–Kier alpha value is -1.96. The molecule has 2 aromatic rings. The Bertz CT molecular complexity index is 918. The van der Waals surface area contributed by atoms with E-state index in [1.165, 1.54) is 6.42 Å². The summed E-state index contributed by atoms with van der Waals surface area (Å²) in [5, 5.41) is 9.59. The Morgan fingerprint density at radius 3 is 2.71 bits per heavy atom. The molecule has 5 rings (SSSR count). The van der Waals surface area contributed by atoms with Crippen molar-refractivity contribution in [3.63, 3.8) is 0 Å². The fraction of sp³-hybridized carbons (Fsp3) is 0.524. The van der Waals surface area contributed by atoms with Crippen LogP contribution in [-0.2, 0) is 0 Å². The second kappa shape index (κ2) is 7.13. The molecule has 0 saturated carbocycles. The third kappa shape index (κ3) is 3.21. The maximum absolute atomic E-state index is 13.0. The predicted molar refractivity (Wildman–Crippen MR) is 111 cm³/mol. The van der Waals surface area contributed by atoms with Crippen molar-refractivity contribution in [2.75, 3.05) is 33.2 Å². The van der Waals surface area contributed by atoms with Crippen molar-refractivity contribution in [3.8, 4) is 0 Å². The molecule has 2 bridgehead atoms. The van der Waals surface area contributed by atoms with Crippen LogP contribution in [0.3, 0.4) is 0 Å². The highest BCUT2D eigenvalue weighted by Crippen LogP contribution is 2.30. The molecule has 0 aliphatic carbocycles. The number of carbonyl (C=O) groups excluding carboxylic acids is 2. The van der Waals surface area contributed by atoms with Gasteiger partial charge in [0, 0.05) is 65.3 Å². The first-order valence-electron chi connectivity index (χ1n) is 10.1. The Kier molecular flexibility index (Phi) is 4.61. The number of thiophene rings is 1. The van der Waals surface area contributed by atoms with Gasteiger partial charge < -0.3 is 20.4 Å². The van der Waals surface area contributed by atoms with Crippen LogP contribution in [0.15, 0.2) is 23.6 Å². The van der Waals surface area contributed by atoms with E-state index in [1.807, 2.05) is 28.5 Å². The molecule has 3 fully saturated rings. The van der Waals surface area contributed by atoms with Crippen LogP contribution in [0.2, 0.25) is 0 Å². The smallest absolute Gasteiger partial charge is 0.255 e. The number of likely N-dealkylation sites (N-methyl/N-ethyl adjacent to an activating group) is 1. The van der Waals surface area contributed by atoms with Gasteiger partial charge in [0.25, 0.3) is 11.8 Å². The summed E-state index contributed by atoms with van der Waals surface area (Å²) in [4.78, 5) is 30.0. The predicted octanol–water partition coefficient (Wildman–Crippen LogP) is 1.91. The van der Waals surface area contributed by atoms with Gasteiger partial charge in [-0.2, -0.15) is 0 Å². The van der Waals surface area contributed by atoms with E-state index in [1.54, 1.807) is 11.3 Å². The van der Waals surface area contributed by atoms with Gasteiger partial charge in [-0.05, 0) is 44.5 Å². The zero-order chi connectivity index (χ0) is 19.3. The van der Waals surface area contributed by atoms with E-state index in [0.717, 1.165) is 54.7 Å². The third-order valence-corrected chi connectivity index (χ3v) is 7.44. The fourth-order valence-electron chi connectivity index (χ4n) is 4.75. The molecule has 3 aliphatic rings.